The molecule has 5 nitrogen and oxygen atoms in total. The Hall–Kier alpha value is -1.41. The van der Waals surface area contributed by atoms with Gasteiger partial charge in [-0.2, -0.15) is 0 Å². The Labute approximate surface area is 150 Å². The first-order valence-corrected chi connectivity index (χ1v) is 9.60. The molecule has 0 aliphatic rings. The Morgan fingerprint density at radius 2 is 1.71 bits per heavy atom. The molecule has 0 fully saturated rings. The monoisotopic (exact) mass is 413 g/mol. The summed E-state index contributed by atoms with van der Waals surface area (Å²) in [7, 11) is -2.08. The third-order valence-electron chi connectivity index (χ3n) is 3.51. The zero-order valence-electron chi connectivity index (χ0n) is 13.5. The standard InChI is InChI=1S/C17H20BrNO4S/c1-17(20,11-13-3-7-15(23-2)8-4-13)12-19-24(21,22)16-9-5-14(18)6-10-16/h3-10,19-20H,11-12H2,1-2H3. The van der Waals surface area contributed by atoms with Crippen LogP contribution in [0, 0.1) is 0 Å². The number of ether oxygens (including phenoxy) is 1. The van der Waals surface area contributed by atoms with E-state index in [4.69, 9.17) is 4.74 Å². The van der Waals surface area contributed by atoms with Gasteiger partial charge in [0, 0.05) is 17.4 Å². The van der Waals surface area contributed by atoms with Gasteiger partial charge in [-0.3, -0.25) is 0 Å². The Balaban J connectivity index is 2.01. The van der Waals surface area contributed by atoms with Gasteiger partial charge in [0.1, 0.15) is 5.75 Å². The van der Waals surface area contributed by atoms with Crippen LogP contribution in [0.4, 0.5) is 0 Å². The van der Waals surface area contributed by atoms with Crippen molar-refractivity contribution in [2.75, 3.05) is 13.7 Å². The zero-order valence-corrected chi connectivity index (χ0v) is 15.9. The molecule has 0 saturated heterocycles. The van der Waals surface area contributed by atoms with Crippen molar-refractivity contribution < 1.29 is 18.3 Å². The molecule has 1 atom stereocenters. The molecule has 0 bridgehead atoms. The second kappa shape index (κ2) is 7.65. The maximum absolute atomic E-state index is 12.3. The normalized spacial score (nSPS) is 14.2. The summed E-state index contributed by atoms with van der Waals surface area (Å²) in [6, 6.07) is 13.6. The summed E-state index contributed by atoms with van der Waals surface area (Å²) in [5, 5.41) is 10.5. The lowest BCUT2D eigenvalue weighted by molar-refractivity contribution is 0.0657. The molecular formula is C17H20BrNO4S. The minimum Gasteiger partial charge on any atom is -0.497 e. The quantitative estimate of drug-likeness (QED) is 0.731. The van der Waals surface area contributed by atoms with Crippen LogP contribution < -0.4 is 9.46 Å². The number of methoxy groups -OCH3 is 1. The van der Waals surface area contributed by atoms with Crippen LogP contribution in [0.5, 0.6) is 5.75 Å². The molecule has 2 N–H and O–H groups in total. The predicted octanol–water partition coefficient (Wildman–Crippen LogP) is 2.73. The lowest BCUT2D eigenvalue weighted by Gasteiger charge is -2.24. The molecular weight excluding hydrogens is 394 g/mol. The van der Waals surface area contributed by atoms with E-state index < -0.39 is 15.6 Å². The third-order valence-corrected chi connectivity index (χ3v) is 5.46. The highest BCUT2D eigenvalue weighted by molar-refractivity contribution is 9.10. The molecule has 7 heteroatoms. The van der Waals surface area contributed by atoms with Crippen LogP contribution in [0.2, 0.25) is 0 Å². The molecule has 0 aromatic heterocycles. The Morgan fingerprint density at radius 3 is 2.25 bits per heavy atom. The molecule has 0 amide bonds. The summed E-state index contributed by atoms with van der Waals surface area (Å²) in [5.74, 6) is 0.731. The summed E-state index contributed by atoms with van der Waals surface area (Å²) in [4.78, 5) is 0.158. The molecule has 0 spiro atoms. The topological polar surface area (TPSA) is 75.6 Å². The van der Waals surface area contributed by atoms with E-state index in [1.54, 1.807) is 38.3 Å². The minimum absolute atomic E-state index is 0.0859. The summed E-state index contributed by atoms with van der Waals surface area (Å²) < 4.78 is 32.9. The Kier molecular flexibility index (Phi) is 6.03. The highest BCUT2D eigenvalue weighted by atomic mass is 79.9. The third kappa shape index (κ3) is 5.31. The SMILES string of the molecule is COc1ccc(CC(C)(O)CNS(=O)(=O)c2ccc(Br)cc2)cc1. The summed E-state index contributed by atoms with van der Waals surface area (Å²) in [6.45, 7) is 1.51. The molecule has 0 radical (unpaired) electrons. The van der Waals surface area contributed by atoms with Crippen LogP contribution in [0.25, 0.3) is 0 Å². The number of nitrogens with one attached hydrogen (secondary N) is 1. The number of benzene rings is 2. The van der Waals surface area contributed by atoms with Gasteiger partial charge in [0.05, 0.1) is 17.6 Å². The largest absolute Gasteiger partial charge is 0.497 e. The van der Waals surface area contributed by atoms with Gasteiger partial charge in [0.15, 0.2) is 0 Å². The van der Waals surface area contributed by atoms with Gasteiger partial charge in [-0.25, -0.2) is 13.1 Å². The van der Waals surface area contributed by atoms with Crippen molar-refractivity contribution in [2.45, 2.75) is 23.8 Å². The minimum atomic E-state index is -3.66. The fourth-order valence-corrected chi connectivity index (χ4v) is 3.62. The molecule has 0 saturated carbocycles. The predicted molar refractivity (Wildman–Crippen MR) is 96.7 cm³/mol. The molecule has 24 heavy (non-hydrogen) atoms. The average molecular weight is 414 g/mol. The van der Waals surface area contributed by atoms with Crippen LogP contribution in [0.1, 0.15) is 12.5 Å². The molecule has 2 aromatic carbocycles. The van der Waals surface area contributed by atoms with E-state index in [1.807, 2.05) is 12.1 Å². The van der Waals surface area contributed by atoms with Gasteiger partial charge >= 0.3 is 0 Å². The first kappa shape index (κ1) is 18.9. The number of sulfonamides is 1. The highest BCUT2D eigenvalue weighted by Crippen LogP contribution is 2.18. The zero-order chi connectivity index (χ0) is 17.8. The lowest BCUT2D eigenvalue weighted by Crippen LogP contribution is -2.42. The summed E-state index contributed by atoms with van der Waals surface area (Å²) in [6.07, 6.45) is 0.319. The second-order valence-electron chi connectivity index (χ2n) is 5.80. The molecule has 0 aliphatic heterocycles. The maximum Gasteiger partial charge on any atom is 0.240 e. The highest BCUT2D eigenvalue weighted by Gasteiger charge is 2.24. The van der Waals surface area contributed by atoms with Crippen molar-refractivity contribution in [2.24, 2.45) is 0 Å². The number of rotatable bonds is 7. The maximum atomic E-state index is 12.3. The molecule has 0 aliphatic carbocycles. The van der Waals surface area contributed by atoms with E-state index >= 15 is 0 Å². The molecule has 2 rings (SSSR count). The van der Waals surface area contributed by atoms with Crippen LogP contribution in [0.3, 0.4) is 0 Å². The van der Waals surface area contributed by atoms with E-state index in [9.17, 15) is 13.5 Å². The van der Waals surface area contributed by atoms with Crippen molar-refractivity contribution >= 4 is 26.0 Å². The van der Waals surface area contributed by atoms with Gasteiger partial charge < -0.3 is 9.84 Å². The van der Waals surface area contributed by atoms with Gasteiger partial charge in [-0.1, -0.05) is 28.1 Å². The van der Waals surface area contributed by atoms with Crippen molar-refractivity contribution in [3.8, 4) is 5.75 Å². The number of hydrogen-bond acceptors (Lipinski definition) is 4. The molecule has 1 unspecified atom stereocenters. The molecule has 0 heterocycles. The first-order chi connectivity index (χ1) is 11.2. The number of halogens is 1. The fourth-order valence-electron chi connectivity index (χ4n) is 2.19. The van der Waals surface area contributed by atoms with Crippen LogP contribution in [0.15, 0.2) is 57.9 Å². The Morgan fingerprint density at radius 1 is 1.12 bits per heavy atom. The van der Waals surface area contributed by atoms with Crippen molar-refractivity contribution in [3.63, 3.8) is 0 Å². The van der Waals surface area contributed by atoms with E-state index in [-0.39, 0.29) is 11.4 Å². The van der Waals surface area contributed by atoms with E-state index in [2.05, 4.69) is 20.7 Å². The fraction of sp³-hybridized carbons (Fsp3) is 0.294. The van der Waals surface area contributed by atoms with Gasteiger partial charge in [-0.05, 0) is 48.9 Å². The first-order valence-electron chi connectivity index (χ1n) is 7.32. The van der Waals surface area contributed by atoms with Crippen LogP contribution in [-0.2, 0) is 16.4 Å². The summed E-state index contributed by atoms with van der Waals surface area (Å²) in [5.41, 5.74) is -0.319. The van der Waals surface area contributed by atoms with E-state index in [1.165, 1.54) is 12.1 Å². The number of hydrogen-bond donors (Lipinski definition) is 2. The second-order valence-corrected chi connectivity index (χ2v) is 8.48. The van der Waals surface area contributed by atoms with Gasteiger partial charge in [0.2, 0.25) is 10.0 Å². The molecule has 2 aromatic rings. The van der Waals surface area contributed by atoms with Crippen molar-refractivity contribution in [3.05, 3.63) is 58.6 Å². The van der Waals surface area contributed by atoms with Crippen molar-refractivity contribution in [1.29, 1.82) is 0 Å². The van der Waals surface area contributed by atoms with E-state index in [0.29, 0.717) is 6.42 Å². The van der Waals surface area contributed by atoms with Crippen LogP contribution in [-0.4, -0.2) is 32.8 Å². The van der Waals surface area contributed by atoms with Gasteiger partial charge in [-0.15, -0.1) is 0 Å². The lowest BCUT2D eigenvalue weighted by atomic mass is 9.97. The van der Waals surface area contributed by atoms with Gasteiger partial charge in [0.25, 0.3) is 0 Å². The Bertz CT molecular complexity index is 771. The summed E-state index contributed by atoms with van der Waals surface area (Å²) >= 11 is 3.27. The smallest absolute Gasteiger partial charge is 0.240 e. The average Bonchev–Trinajstić information content (AvgIpc) is 2.54. The molecule has 130 valence electrons. The van der Waals surface area contributed by atoms with E-state index in [0.717, 1.165) is 15.8 Å². The van der Waals surface area contributed by atoms with Crippen molar-refractivity contribution in [1.82, 2.24) is 4.72 Å². The number of aliphatic hydroxyl groups is 1. The van der Waals surface area contributed by atoms with Crippen LogP contribution >= 0.6 is 15.9 Å².